The van der Waals surface area contributed by atoms with Gasteiger partial charge in [0.1, 0.15) is 6.54 Å². The van der Waals surface area contributed by atoms with Gasteiger partial charge in [-0.15, -0.1) is 0 Å². The summed E-state index contributed by atoms with van der Waals surface area (Å²) < 4.78 is 5.02. The summed E-state index contributed by atoms with van der Waals surface area (Å²) in [5.41, 5.74) is 0.450. The number of allylic oxidation sites excluding steroid dienone is 2. The number of esters is 1. The van der Waals surface area contributed by atoms with E-state index in [1.54, 1.807) is 30.3 Å². The minimum absolute atomic E-state index is 0.127. The Bertz CT molecular complexity index is 840. The summed E-state index contributed by atoms with van der Waals surface area (Å²) in [5, 5.41) is 0. The predicted octanol–water partition coefficient (Wildman–Crippen LogP) is 1.47. The van der Waals surface area contributed by atoms with E-state index in [1.807, 2.05) is 0 Å². The number of rotatable bonds is 5. The molecule has 0 radical (unpaired) electrons. The molecule has 0 aromatic heterocycles. The molecule has 6 atom stereocenters. The van der Waals surface area contributed by atoms with Crippen molar-refractivity contribution in [2.45, 2.75) is 6.42 Å². The molecule has 0 unspecified atom stereocenters. The summed E-state index contributed by atoms with van der Waals surface area (Å²) in [6, 6.07) is 8.53. The number of carbonyl (C=O) groups is 4. The molecular weight excluding hydrogens is 346 g/mol. The lowest BCUT2D eigenvalue weighted by Crippen LogP contribution is -2.40. The average Bonchev–Trinajstić information content (AvgIpc) is 3.48. The first-order valence-electron chi connectivity index (χ1n) is 9.33. The second-order valence-corrected chi connectivity index (χ2v) is 7.87. The van der Waals surface area contributed by atoms with E-state index in [4.69, 9.17) is 4.74 Å². The van der Waals surface area contributed by atoms with Crippen molar-refractivity contribution in [3.63, 3.8) is 0 Å². The molecule has 2 amide bonds. The van der Waals surface area contributed by atoms with Gasteiger partial charge < -0.3 is 4.74 Å². The van der Waals surface area contributed by atoms with E-state index in [2.05, 4.69) is 12.2 Å². The molecule has 0 N–H and O–H groups in total. The van der Waals surface area contributed by atoms with E-state index in [0.717, 1.165) is 11.3 Å². The lowest BCUT2D eigenvalue weighted by molar-refractivity contribution is -0.152. The summed E-state index contributed by atoms with van der Waals surface area (Å²) >= 11 is 0. The highest BCUT2D eigenvalue weighted by molar-refractivity contribution is 6.08. The number of hydrogen-bond donors (Lipinski definition) is 0. The molecule has 138 valence electrons. The number of ether oxygens (including phenoxy) is 1. The molecule has 1 aromatic carbocycles. The fourth-order valence-electron chi connectivity index (χ4n) is 5.20. The quantitative estimate of drug-likeness (QED) is 0.342. The van der Waals surface area contributed by atoms with E-state index in [9.17, 15) is 19.2 Å². The predicted molar refractivity (Wildman–Crippen MR) is 93.1 cm³/mol. The van der Waals surface area contributed by atoms with E-state index in [1.165, 1.54) is 0 Å². The van der Waals surface area contributed by atoms with Crippen LogP contribution in [0.5, 0.6) is 0 Å². The number of nitrogens with zero attached hydrogens (tertiary/aromatic N) is 1. The third-order valence-corrected chi connectivity index (χ3v) is 6.50. The van der Waals surface area contributed by atoms with Crippen molar-refractivity contribution >= 4 is 23.6 Å². The average molecular weight is 365 g/mol. The molecular formula is C21H19NO5. The topological polar surface area (TPSA) is 80.8 Å². The standard InChI is InChI=1S/C21H19NO5/c23-16(11-4-2-1-3-5-11)10-27-17(24)9-22-20(25)18-12-6-7-13(15-8-14(12)15)19(18)21(22)26/h1-7,12-15,18-19H,8-10H2/t12-,13+,14+,15-,18+,19-. The molecule has 4 aliphatic carbocycles. The van der Waals surface area contributed by atoms with Crippen LogP contribution in [0.1, 0.15) is 16.8 Å². The normalized spacial score (nSPS) is 35.0. The minimum Gasteiger partial charge on any atom is -0.456 e. The number of carbonyl (C=O) groups excluding carboxylic acids is 4. The van der Waals surface area contributed by atoms with Crippen LogP contribution in [0.4, 0.5) is 0 Å². The van der Waals surface area contributed by atoms with Gasteiger partial charge >= 0.3 is 5.97 Å². The Labute approximate surface area is 156 Å². The maximum atomic E-state index is 12.8. The van der Waals surface area contributed by atoms with Gasteiger partial charge in [0, 0.05) is 5.56 Å². The van der Waals surface area contributed by atoms with E-state index < -0.39 is 19.1 Å². The molecule has 3 fully saturated rings. The van der Waals surface area contributed by atoms with Gasteiger partial charge in [-0.25, -0.2) is 0 Å². The maximum Gasteiger partial charge on any atom is 0.326 e. The molecule has 1 aliphatic heterocycles. The summed E-state index contributed by atoms with van der Waals surface area (Å²) in [4.78, 5) is 50.8. The monoisotopic (exact) mass is 365 g/mol. The van der Waals surface area contributed by atoms with Crippen LogP contribution in [0.25, 0.3) is 0 Å². The van der Waals surface area contributed by atoms with Crippen molar-refractivity contribution in [3.8, 4) is 0 Å². The lowest BCUT2D eigenvalue weighted by atomic mass is 9.63. The van der Waals surface area contributed by atoms with Gasteiger partial charge in [-0.05, 0) is 30.1 Å². The van der Waals surface area contributed by atoms with Gasteiger partial charge in [0.2, 0.25) is 11.8 Å². The number of imide groups is 1. The second kappa shape index (κ2) is 5.87. The Morgan fingerprint density at radius 1 is 0.963 bits per heavy atom. The molecule has 27 heavy (non-hydrogen) atoms. The third-order valence-electron chi connectivity index (χ3n) is 6.50. The molecule has 5 aliphatic rings. The van der Waals surface area contributed by atoms with Crippen LogP contribution in [-0.2, 0) is 19.1 Å². The summed E-state index contributed by atoms with van der Waals surface area (Å²) in [7, 11) is 0. The number of ketones is 1. The van der Waals surface area contributed by atoms with Gasteiger partial charge in [-0.3, -0.25) is 24.1 Å². The fraction of sp³-hybridized carbons (Fsp3) is 0.429. The van der Waals surface area contributed by atoms with Crippen LogP contribution in [0.3, 0.4) is 0 Å². The van der Waals surface area contributed by atoms with E-state index in [-0.39, 0.29) is 41.3 Å². The van der Waals surface area contributed by atoms with Gasteiger partial charge in [0.15, 0.2) is 12.4 Å². The summed E-state index contributed by atoms with van der Waals surface area (Å²) in [5.74, 6) is -0.928. The molecule has 0 spiro atoms. The van der Waals surface area contributed by atoms with Crippen molar-refractivity contribution in [1.82, 2.24) is 4.90 Å². The molecule has 1 heterocycles. The Balaban J connectivity index is 1.23. The second-order valence-electron chi connectivity index (χ2n) is 7.87. The van der Waals surface area contributed by atoms with Crippen LogP contribution in [-0.4, -0.2) is 41.6 Å². The lowest BCUT2D eigenvalue weighted by Gasteiger charge is -2.37. The Kier molecular flexibility index (Phi) is 3.57. The Hall–Kier alpha value is -2.76. The van der Waals surface area contributed by atoms with Crippen LogP contribution in [0, 0.1) is 35.5 Å². The summed E-state index contributed by atoms with van der Waals surface area (Å²) in [6.45, 7) is -0.815. The van der Waals surface area contributed by atoms with Crippen LogP contribution < -0.4 is 0 Å². The summed E-state index contributed by atoms with van der Waals surface area (Å²) in [6.07, 6.45) is 5.27. The Morgan fingerprint density at radius 2 is 1.56 bits per heavy atom. The number of Topliss-reactive ketones (excluding diaryl/α,β-unsaturated/α-hetero) is 1. The zero-order valence-corrected chi connectivity index (χ0v) is 14.6. The van der Waals surface area contributed by atoms with E-state index in [0.29, 0.717) is 17.4 Å². The van der Waals surface area contributed by atoms with Crippen molar-refractivity contribution in [2.24, 2.45) is 35.5 Å². The largest absolute Gasteiger partial charge is 0.456 e. The van der Waals surface area contributed by atoms with Crippen LogP contribution in [0.15, 0.2) is 42.5 Å². The number of likely N-dealkylation sites (tertiary alicyclic amines) is 1. The first-order valence-corrected chi connectivity index (χ1v) is 9.33. The molecule has 2 saturated carbocycles. The molecule has 6 rings (SSSR count). The molecule has 1 saturated heterocycles. The van der Waals surface area contributed by atoms with Crippen LogP contribution in [0.2, 0.25) is 0 Å². The van der Waals surface area contributed by atoms with Gasteiger partial charge in [0.25, 0.3) is 0 Å². The Morgan fingerprint density at radius 3 is 2.15 bits per heavy atom. The highest BCUT2D eigenvalue weighted by Crippen LogP contribution is 2.65. The molecule has 6 heteroatoms. The van der Waals surface area contributed by atoms with Crippen molar-refractivity contribution < 1.29 is 23.9 Å². The van der Waals surface area contributed by atoms with E-state index >= 15 is 0 Å². The first kappa shape index (κ1) is 16.4. The molecule has 2 bridgehead atoms. The maximum absolute atomic E-state index is 12.8. The zero-order chi connectivity index (χ0) is 18.7. The molecule has 6 nitrogen and oxygen atoms in total. The molecule has 1 aromatic rings. The highest BCUT2D eigenvalue weighted by atomic mass is 16.5. The van der Waals surface area contributed by atoms with Crippen molar-refractivity contribution in [2.75, 3.05) is 13.2 Å². The SMILES string of the molecule is O=C(CN1C(=O)[C@@H]2[C@H]3C=C[C@H]([C@@H]4C[C@H]34)[C@@H]2C1=O)OCC(=O)c1ccccc1. The first-order chi connectivity index (χ1) is 13.1. The van der Waals surface area contributed by atoms with Gasteiger partial charge in [-0.2, -0.15) is 0 Å². The van der Waals surface area contributed by atoms with Gasteiger partial charge in [0.05, 0.1) is 11.8 Å². The number of hydrogen-bond acceptors (Lipinski definition) is 5. The highest BCUT2D eigenvalue weighted by Gasteiger charge is 2.67. The van der Waals surface area contributed by atoms with Crippen molar-refractivity contribution in [3.05, 3.63) is 48.0 Å². The third kappa shape index (κ3) is 2.46. The minimum atomic E-state index is -0.731. The number of amides is 2. The van der Waals surface area contributed by atoms with Gasteiger partial charge in [-0.1, -0.05) is 42.5 Å². The van der Waals surface area contributed by atoms with Crippen LogP contribution >= 0.6 is 0 Å². The number of benzene rings is 1. The smallest absolute Gasteiger partial charge is 0.326 e. The van der Waals surface area contributed by atoms with Crippen molar-refractivity contribution in [1.29, 1.82) is 0 Å². The zero-order valence-electron chi connectivity index (χ0n) is 14.6. The fourth-order valence-corrected chi connectivity index (χ4v) is 5.20.